The Morgan fingerprint density at radius 3 is 2.57 bits per heavy atom. The van der Waals surface area contributed by atoms with Gasteiger partial charge in [-0.25, -0.2) is 4.68 Å². The van der Waals surface area contributed by atoms with Crippen molar-refractivity contribution in [3.05, 3.63) is 40.2 Å². The fourth-order valence-electron chi connectivity index (χ4n) is 2.05. The average molecular weight is 309 g/mol. The van der Waals surface area contributed by atoms with Crippen LogP contribution in [0.4, 0.5) is 0 Å². The van der Waals surface area contributed by atoms with Crippen molar-refractivity contribution in [3.63, 3.8) is 0 Å². The summed E-state index contributed by atoms with van der Waals surface area (Å²) in [6.45, 7) is 2.34. The highest BCUT2D eigenvalue weighted by Crippen LogP contribution is 2.32. The Hall–Kier alpha value is -2.01. The lowest BCUT2D eigenvalue weighted by Crippen LogP contribution is -2.25. The Labute approximate surface area is 128 Å². The largest absolute Gasteiger partial charge is 0.497 e. The maximum Gasteiger partial charge on any atom is 0.271 e. The van der Waals surface area contributed by atoms with Crippen LogP contribution in [-0.4, -0.2) is 24.0 Å². The van der Waals surface area contributed by atoms with Crippen LogP contribution < -0.4 is 15.0 Å². The molecule has 1 aromatic heterocycles. The third-order valence-electron chi connectivity index (χ3n) is 3.17. The van der Waals surface area contributed by atoms with E-state index in [-0.39, 0.29) is 11.4 Å². The van der Waals surface area contributed by atoms with Gasteiger partial charge in [0, 0.05) is 17.7 Å². The zero-order chi connectivity index (χ0) is 15.4. The Kier molecular flexibility index (Phi) is 4.85. The number of halogens is 1. The van der Waals surface area contributed by atoms with Crippen LogP contribution in [0.3, 0.4) is 0 Å². The average Bonchev–Trinajstić information content (AvgIpc) is 2.54. The molecule has 6 heteroatoms. The van der Waals surface area contributed by atoms with Crippen molar-refractivity contribution >= 4 is 11.6 Å². The highest BCUT2D eigenvalue weighted by atomic mass is 35.5. The highest BCUT2D eigenvalue weighted by molar-refractivity contribution is 6.17. The summed E-state index contributed by atoms with van der Waals surface area (Å²) in [4.78, 5) is 12.1. The minimum absolute atomic E-state index is 0.140. The zero-order valence-corrected chi connectivity index (χ0v) is 13.0. The van der Waals surface area contributed by atoms with Crippen LogP contribution in [0.5, 0.6) is 11.5 Å². The van der Waals surface area contributed by atoms with E-state index in [9.17, 15) is 4.79 Å². The van der Waals surface area contributed by atoms with Gasteiger partial charge in [0.05, 0.1) is 25.8 Å². The third-order valence-corrected chi connectivity index (χ3v) is 3.46. The van der Waals surface area contributed by atoms with Crippen LogP contribution in [0.25, 0.3) is 11.3 Å². The van der Waals surface area contributed by atoms with Crippen LogP contribution in [0.1, 0.15) is 12.5 Å². The molecular formula is C15H17ClN2O3. The lowest BCUT2D eigenvalue weighted by Gasteiger charge is -2.12. The number of aromatic nitrogens is 2. The van der Waals surface area contributed by atoms with Crippen molar-refractivity contribution in [2.24, 2.45) is 0 Å². The molecule has 0 N–H and O–H groups in total. The summed E-state index contributed by atoms with van der Waals surface area (Å²) in [7, 11) is 3.18. The van der Waals surface area contributed by atoms with Crippen molar-refractivity contribution < 1.29 is 9.47 Å². The van der Waals surface area contributed by atoms with E-state index >= 15 is 0 Å². The maximum absolute atomic E-state index is 12.1. The Morgan fingerprint density at radius 2 is 2.00 bits per heavy atom. The first-order chi connectivity index (χ1) is 10.1. The summed E-state index contributed by atoms with van der Waals surface area (Å²) in [6.07, 6.45) is 0. The van der Waals surface area contributed by atoms with E-state index in [1.54, 1.807) is 32.4 Å². The van der Waals surface area contributed by atoms with Gasteiger partial charge in [-0.1, -0.05) is 0 Å². The SMILES string of the molecule is CCn1nc(-c2cc(OC)ccc2OC)cc(CCl)c1=O. The maximum atomic E-state index is 12.1. The van der Waals surface area contributed by atoms with Crippen LogP contribution in [0, 0.1) is 0 Å². The van der Waals surface area contributed by atoms with Crippen LogP contribution in [-0.2, 0) is 12.4 Å². The molecule has 1 heterocycles. The summed E-state index contributed by atoms with van der Waals surface area (Å²) < 4.78 is 12.0. The number of aryl methyl sites for hydroxylation is 1. The Balaban J connectivity index is 2.68. The molecule has 0 fully saturated rings. The molecule has 0 spiro atoms. The van der Waals surface area contributed by atoms with E-state index < -0.39 is 0 Å². The number of hydrogen-bond acceptors (Lipinski definition) is 4. The number of ether oxygens (including phenoxy) is 2. The van der Waals surface area contributed by atoms with E-state index in [0.717, 1.165) is 5.56 Å². The third kappa shape index (κ3) is 3.03. The first-order valence-corrected chi connectivity index (χ1v) is 7.07. The molecule has 1 aromatic carbocycles. The Bertz CT molecular complexity index is 670. The predicted molar refractivity (Wildman–Crippen MR) is 82.3 cm³/mol. The van der Waals surface area contributed by atoms with Gasteiger partial charge in [0.25, 0.3) is 5.56 Å². The molecule has 2 aromatic rings. The van der Waals surface area contributed by atoms with Crippen LogP contribution in [0.15, 0.2) is 29.1 Å². The molecule has 21 heavy (non-hydrogen) atoms. The topological polar surface area (TPSA) is 53.4 Å². The van der Waals surface area contributed by atoms with Crippen molar-refractivity contribution in [1.82, 2.24) is 9.78 Å². The number of methoxy groups -OCH3 is 2. The van der Waals surface area contributed by atoms with Gasteiger partial charge in [-0.2, -0.15) is 5.10 Å². The van der Waals surface area contributed by atoms with E-state index in [4.69, 9.17) is 21.1 Å². The predicted octanol–water partition coefficient (Wildman–Crippen LogP) is 2.69. The summed E-state index contributed by atoms with van der Waals surface area (Å²) >= 11 is 5.86. The number of benzene rings is 1. The van der Waals surface area contributed by atoms with Gasteiger partial charge in [0.15, 0.2) is 0 Å². The number of hydrogen-bond donors (Lipinski definition) is 0. The Morgan fingerprint density at radius 1 is 1.24 bits per heavy atom. The van der Waals surface area contributed by atoms with Crippen molar-refractivity contribution in [2.75, 3.05) is 14.2 Å². The van der Waals surface area contributed by atoms with Crippen molar-refractivity contribution in [1.29, 1.82) is 0 Å². The normalized spacial score (nSPS) is 10.5. The summed E-state index contributed by atoms with van der Waals surface area (Å²) in [6, 6.07) is 7.13. The molecule has 5 nitrogen and oxygen atoms in total. The summed E-state index contributed by atoms with van der Waals surface area (Å²) in [5.74, 6) is 1.49. The first kappa shape index (κ1) is 15.4. The van der Waals surface area contributed by atoms with Gasteiger partial charge < -0.3 is 9.47 Å². The minimum Gasteiger partial charge on any atom is -0.497 e. The van der Waals surface area contributed by atoms with Gasteiger partial charge in [0.2, 0.25) is 0 Å². The zero-order valence-electron chi connectivity index (χ0n) is 12.2. The molecule has 0 saturated heterocycles. The molecule has 2 rings (SSSR count). The van der Waals surface area contributed by atoms with Crippen LogP contribution >= 0.6 is 11.6 Å². The molecule has 0 unspecified atom stereocenters. The summed E-state index contributed by atoms with van der Waals surface area (Å²) in [5.41, 5.74) is 1.72. The molecule has 0 aliphatic heterocycles. The van der Waals surface area contributed by atoms with Gasteiger partial charge in [-0.05, 0) is 31.2 Å². The van der Waals surface area contributed by atoms with E-state index in [1.165, 1.54) is 4.68 Å². The molecule has 112 valence electrons. The van der Waals surface area contributed by atoms with Gasteiger partial charge in [-0.3, -0.25) is 4.79 Å². The van der Waals surface area contributed by atoms with Crippen molar-refractivity contribution in [2.45, 2.75) is 19.3 Å². The van der Waals surface area contributed by atoms with Gasteiger partial charge >= 0.3 is 0 Å². The highest BCUT2D eigenvalue weighted by Gasteiger charge is 2.13. The molecule has 0 saturated carbocycles. The monoisotopic (exact) mass is 308 g/mol. The standard InChI is InChI=1S/C15H17ClN2O3/c1-4-18-15(19)10(9-16)7-13(17-18)12-8-11(20-2)5-6-14(12)21-3/h5-8H,4,9H2,1-3H3. The van der Waals surface area contributed by atoms with E-state index in [0.29, 0.717) is 29.3 Å². The molecule has 0 aliphatic carbocycles. The van der Waals surface area contributed by atoms with E-state index in [2.05, 4.69) is 5.10 Å². The first-order valence-electron chi connectivity index (χ1n) is 6.54. The minimum atomic E-state index is -0.168. The number of alkyl halides is 1. The number of rotatable bonds is 5. The van der Waals surface area contributed by atoms with Gasteiger partial charge in [-0.15, -0.1) is 11.6 Å². The molecule has 0 atom stereocenters. The summed E-state index contributed by atoms with van der Waals surface area (Å²) in [5, 5.41) is 4.36. The van der Waals surface area contributed by atoms with Crippen molar-refractivity contribution in [3.8, 4) is 22.8 Å². The molecular weight excluding hydrogens is 292 g/mol. The number of nitrogens with zero attached hydrogens (tertiary/aromatic N) is 2. The molecule has 0 amide bonds. The lowest BCUT2D eigenvalue weighted by atomic mass is 10.1. The fourth-order valence-corrected chi connectivity index (χ4v) is 2.24. The van der Waals surface area contributed by atoms with E-state index in [1.807, 2.05) is 13.0 Å². The second-order valence-electron chi connectivity index (χ2n) is 4.38. The lowest BCUT2D eigenvalue weighted by molar-refractivity contribution is 0.404. The molecule has 0 bridgehead atoms. The fraction of sp³-hybridized carbons (Fsp3) is 0.333. The second-order valence-corrected chi connectivity index (χ2v) is 4.64. The quantitative estimate of drug-likeness (QED) is 0.797. The second kappa shape index (κ2) is 6.63. The van der Waals surface area contributed by atoms with Gasteiger partial charge in [0.1, 0.15) is 11.5 Å². The smallest absolute Gasteiger partial charge is 0.271 e. The molecule has 0 radical (unpaired) electrons. The molecule has 0 aliphatic rings. The van der Waals surface area contributed by atoms with Crippen LogP contribution in [0.2, 0.25) is 0 Å².